The molecule has 2 aromatic carbocycles. The van der Waals surface area contributed by atoms with Gasteiger partial charge < -0.3 is 14.7 Å². The maximum Gasteiger partial charge on any atom is 0.124 e. The summed E-state index contributed by atoms with van der Waals surface area (Å²) in [5.41, 5.74) is 3.24. The number of methoxy groups -OCH3 is 1. The molecule has 0 aliphatic carbocycles. The van der Waals surface area contributed by atoms with Gasteiger partial charge in [0, 0.05) is 30.2 Å². The van der Waals surface area contributed by atoms with Gasteiger partial charge in [0.1, 0.15) is 18.0 Å². The molecule has 2 N–H and O–H groups in total. The third-order valence-electron chi connectivity index (χ3n) is 4.53. The molecule has 1 fully saturated rings. The van der Waals surface area contributed by atoms with Crippen molar-refractivity contribution >= 4 is 6.21 Å². The fourth-order valence-corrected chi connectivity index (χ4v) is 3.12. The average molecular weight is 325 g/mol. The summed E-state index contributed by atoms with van der Waals surface area (Å²) in [6, 6.07) is 13.8. The Hall–Kier alpha value is -2.33. The first-order chi connectivity index (χ1) is 11.7. The lowest BCUT2D eigenvalue weighted by Crippen LogP contribution is -3.08. The summed E-state index contributed by atoms with van der Waals surface area (Å²) in [5.74, 6) is 0.923. The lowest BCUT2D eigenvalue weighted by Gasteiger charge is -2.12. The number of nitrogens with one attached hydrogen (secondary N) is 1. The van der Waals surface area contributed by atoms with E-state index in [0.717, 1.165) is 6.54 Å². The van der Waals surface area contributed by atoms with Gasteiger partial charge in [0.05, 0.1) is 26.7 Å². The smallest absolute Gasteiger partial charge is 0.124 e. The van der Waals surface area contributed by atoms with Crippen molar-refractivity contribution in [1.82, 2.24) is 0 Å². The first-order valence-electron chi connectivity index (χ1n) is 8.53. The van der Waals surface area contributed by atoms with Gasteiger partial charge in [-0.1, -0.05) is 24.3 Å². The third-order valence-corrected chi connectivity index (χ3v) is 4.53. The molecule has 3 rings (SSSR count). The van der Waals surface area contributed by atoms with Gasteiger partial charge in [0.25, 0.3) is 0 Å². The summed E-state index contributed by atoms with van der Waals surface area (Å²) >= 11 is 0. The molecule has 0 spiro atoms. The van der Waals surface area contributed by atoms with Gasteiger partial charge in [-0.15, -0.1) is 0 Å². The summed E-state index contributed by atoms with van der Waals surface area (Å²) in [7, 11) is 1.61. The number of hydrogen-bond acceptors (Lipinski definition) is 3. The Morgan fingerprint density at radius 2 is 1.79 bits per heavy atom. The van der Waals surface area contributed by atoms with Crippen molar-refractivity contribution in [2.45, 2.75) is 25.9 Å². The minimum Gasteiger partial charge on any atom is -0.507 e. The van der Waals surface area contributed by atoms with Gasteiger partial charge in [-0.05, 0) is 23.8 Å². The van der Waals surface area contributed by atoms with E-state index in [0.29, 0.717) is 17.9 Å². The molecule has 24 heavy (non-hydrogen) atoms. The Balaban J connectivity index is 1.58. The second kappa shape index (κ2) is 7.97. The molecule has 0 saturated carbocycles. The molecule has 0 radical (unpaired) electrons. The summed E-state index contributed by atoms with van der Waals surface area (Å²) in [5, 5.41) is 9.85. The van der Waals surface area contributed by atoms with Crippen molar-refractivity contribution in [2.24, 2.45) is 4.99 Å². The summed E-state index contributed by atoms with van der Waals surface area (Å²) in [4.78, 5) is 6.12. The number of benzene rings is 2. The van der Waals surface area contributed by atoms with Crippen LogP contribution in [0.1, 0.15) is 29.5 Å². The molecule has 4 heteroatoms. The van der Waals surface area contributed by atoms with Gasteiger partial charge in [-0.3, -0.25) is 4.99 Å². The Morgan fingerprint density at radius 1 is 1.08 bits per heavy atom. The molecule has 1 aliphatic rings. The minimum atomic E-state index is 0.212. The first kappa shape index (κ1) is 16.5. The molecule has 0 unspecified atom stereocenters. The molecule has 1 saturated heterocycles. The normalized spacial score (nSPS) is 15.2. The number of hydrogen-bond donors (Lipinski definition) is 2. The zero-order chi connectivity index (χ0) is 16.8. The minimum absolute atomic E-state index is 0.212. The van der Waals surface area contributed by atoms with Crippen molar-refractivity contribution < 1.29 is 14.7 Å². The Bertz CT molecular complexity index is 689. The maximum atomic E-state index is 9.85. The van der Waals surface area contributed by atoms with Crippen LogP contribution in [0.4, 0.5) is 0 Å². The molecule has 2 aromatic rings. The van der Waals surface area contributed by atoms with Crippen LogP contribution in [0.3, 0.4) is 0 Å². The maximum absolute atomic E-state index is 9.85. The van der Waals surface area contributed by atoms with Crippen LogP contribution < -0.4 is 9.64 Å². The van der Waals surface area contributed by atoms with E-state index in [4.69, 9.17) is 4.74 Å². The van der Waals surface area contributed by atoms with Gasteiger partial charge >= 0.3 is 0 Å². The lowest BCUT2D eigenvalue weighted by molar-refractivity contribution is -0.901. The third kappa shape index (κ3) is 4.36. The van der Waals surface area contributed by atoms with Gasteiger partial charge in [0.2, 0.25) is 0 Å². The highest BCUT2D eigenvalue weighted by molar-refractivity contribution is 5.84. The van der Waals surface area contributed by atoms with Crippen molar-refractivity contribution in [2.75, 3.05) is 20.2 Å². The second-order valence-electron chi connectivity index (χ2n) is 6.34. The summed E-state index contributed by atoms with van der Waals surface area (Å²) in [6.07, 6.45) is 4.42. The van der Waals surface area contributed by atoms with E-state index in [2.05, 4.69) is 29.3 Å². The van der Waals surface area contributed by atoms with Crippen LogP contribution in [0.5, 0.6) is 11.5 Å². The lowest BCUT2D eigenvalue weighted by atomic mass is 10.1. The predicted molar refractivity (Wildman–Crippen MR) is 96.0 cm³/mol. The molecule has 126 valence electrons. The summed E-state index contributed by atoms with van der Waals surface area (Å²) < 4.78 is 5.17. The molecule has 1 aliphatic heterocycles. The van der Waals surface area contributed by atoms with E-state index in [1.54, 1.807) is 36.4 Å². The number of quaternary nitrogens is 1. The van der Waals surface area contributed by atoms with Crippen LogP contribution in [-0.2, 0) is 13.1 Å². The molecule has 0 atom stereocenters. The topological polar surface area (TPSA) is 46.3 Å². The number of aromatic hydroxyl groups is 1. The van der Waals surface area contributed by atoms with E-state index >= 15 is 0 Å². The predicted octanol–water partition coefficient (Wildman–Crippen LogP) is 2.20. The quantitative estimate of drug-likeness (QED) is 0.800. The number of phenols is 1. The first-order valence-corrected chi connectivity index (χ1v) is 8.53. The fraction of sp³-hybridized carbons (Fsp3) is 0.350. The number of aliphatic imine (C=N–C) groups is 1. The standard InChI is InChI=1S/C20H24N2O2/c1-24-19-8-9-20(23)18(12-19)14-21-13-16-4-6-17(7-5-16)15-22-10-2-3-11-22/h4-9,12,14,23H,2-3,10-11,13,15H2,1H3/p+1. The fourth-order valence-electron chi connectivity index (χ4n) is 3.12. The van der Waals surface area contributed by atoms with Crippen LogP contribution in [0, 0.1) is 0 Å². The number of ether oxygens (including phenoxy) is 1. The van der Waals surface area contributed by atoms with Gasteiger partial charge in [-0.25, -0.2) is 0 Å². The highest BCUT2D eigenvalue weighted by atomic mass is 16.5. The highest BCUT2D eigenvalue weighted by Crippen LogP contribution is 2.21. The molecule has 0 amide bonds. The molecule has 1 heterocycles. The van der Waals surface area contributed by atoms with Crippen LogP contribution in [0.25, 0.3) is 0 Å². The van der Waals surface area contributed by atoms with E-state index in [-0.39, 0.29) is 5.75 Å². The monoisotopic (exact) mass is 325 g/mol. The van der Waals surface area contributed by atoms with Gasteiger partial charge in [-0.2, -0.15) is 0 Å². The second-order valence-corrected chi connectivity index (χ2v) is 6.34. The number of likely N-dealkylation sites (tertiary alicyclic amines) is 1. The van der Waals surface area contributed by atoms with Crippen LogP contribution >= 0.6 is 0 Å². The molecular weight excluding hydrogens is 300 g/mol. The van der Waals surface area contributed by atoms with E-state index in [1.165, 1.54) is 37.1 Å². The van der Waals surface area contributed by atoms with Crippen molar-refractivity contribution in [3.63, 3.8) is 0 Å². The number of rotatable bonds is 6. The van der Waals surface area contributed by atoms with Crippen LogP contribution in [0.15, 0.2) is 47.5 Å². The zero-order valence-corrected chi connectivity index (χ0v) is 14.2. The number of nitrogens with zero attached hydrogens (tertiary/aromatic N) is 1. The molecule has 0 bridgehead atoms. The van der Waals surface area contributed by atoms with Crippen LogP contribution in [-0.4, -0.2) is 31.5 Å². The van der Waals surface area contributed by atoms with Crippen molar-refractivity contribution in [1.29, 1.82) is 0 Å². The average Bonchev–Trinajstić information content (AvgIpc) is 3.11. The highest BCUT2D eigenvalue weighted by Gasteiger charge is 2.15. The summed E-state index contributed by atoms with van der Waals surface area (Å²) in [6.45, 7) is 4.33. The Labute approximate surface area is 143 Å². The van der Waals surface area contributed by atoms with Crippen molar-refractivity contribution in [3.05, 3.63) is 59.2 Å². The van der Waals surface area contributed by atoms with Crippen molar-refractivity contribution in [3.8, 4) is 11.5 Å². The zero-order valence-electron chi connectivity index (χ0n) is 14.2. The Kier molecular flexibility index (Phi) is 5.49. The Morgan fingerprint density at radius 3 is 2.50 bits per heavy atom. The van der Waals surface area contributed by atoms with Gasteiger partial charge in [0.15, 0.2) is 0 Å². The SMILES string of the molecule is COc1ccc(O)c(C=NCc2ccc(C[NH+]3CCCC3)cc2)c1. The molecule has 4 nitrogen and oxygen atoms in total. The molecular formula is C20H25N2O2+. The molecule has 0 aromatic heterocycles. The van der Waals surface area contributed by atoms with E-state index in [1.807, 2.05) is 0 Å². The van der Waals surface area contributed by atoms with Crippen LogP contribution in [0.2, 0.25) is 0 Å². The van der Waals surface area contributed by atoms with E-state index < -0.39 is 0 Å². The largest absolute Gasteiger partial charge is 0.507 e. The number of phenolic OH excluding ortho intramolecular Hbond substituents is 1. The van der Waals surface area contributed by atoms with E-state index in [9.17, 15) is 5.11 Å².